The van der Waals surface area contributed by atoms with Crippen LogP contribution in [0.3, 0.4) is 0 Å². The van der Waals surface area contributed by atoms with Crippen LogP contribution in [0.15, 0.2) is 18.2 Å². The minimum Gasteiger partial charge on any atom is -0.319 e. The van der Waals surface area contributed by atoms with Crippen molar-refractivity contribution in [2.24, 2.45) is 0 Å². The summed E-state index contributed by atoms with van der Waals surface area (Å²) < 4.78 is 56.7. The molecule has 0 radical (unpaired) electrons. The number of hydrogen-bond donors (Lipinski definition) is 2. The first kappa shape index (κ1) is 18.5. The number of halogens is 2. The van der Waals surface area contributed by atoms with Crippen molar-refractivity contribution in [3.05, 3.63) is 29.3 Å². The van der Waals surface area contributed by atoms with Crippen molar-refractivity contribution < 1.29 is 26.5 Å². The van der Waals surface area contributed by atoms with E-state index in [4.69, 9.17) is 4.55 Å². The highest BCUT2D eigenvalue weighted by atomic mass is 32.2. The van der Waals surface area contributed by atoms with Crippen LogP contribution in [0.4, 0.5) is 14.5 Å². The van der Waals surface area contributed by atoms with Gasteiger partial charge in [-0.15, -0.1) is 0 Å². The summed E-state index contributed by atoms with van der Waals surface area (Å²) in [4.78, 5) is 11.6. The van der Waals surface area contributed by atoms with Crippen LogP contribution < -0.4 is 5.32 Å². The second-order valence-corrected chi connectivity index (χ2v) is 7.03. The molecule has 22 heavy (non-hydrogen) atoms. The first-order valence-electron chi connectivity index (χ1n) is 6.68. The number of anilines is 1. The van der Waals surface area contributed by atoms with Gasteiger partial charge in [0, 0.05) is 5.69 Å². The minimum absolute atomic E-state index is 0.0756. The zero-order chi connectivity index (χ0) is 17.3. The Morgan fingerprint density at radius 1 is 1.14 bits per heavy atom. The maximum Gasteiger partial charge on any atom is 0.446 e. The van der Waals surface area contributed by atoms with Crippen molar-refractivity contribution in [3.63, 3.8) is 0 Å². The van der Waals surface area contributed by atoms with E-state index in [1.165, 1.54) is 0 Å². The van der Waals surface area contributed by atoms with Crippen LogP contribution >= 0.6 is 0 Å². The van der Waals surface area contributed by atoms with Crippen molar-refractivity contribution in [1.82, 2.24) is 0 Å². The Hall–Kier alpha value is -1.54. The lowest BCUT2D eigenvalue weighted by Gasteiger charge is -2.21. The Bertz CT molecular complexity index is 643. The van der Waals surface area contributed by atoms with Gasteiger partial charge in [0.2, 0.25) is 0 Å². The van der Waals surface area contributed by atoms with E-state index in [-0.39, 0.29) is 17.5 Å². The number of amides is 1. The van der Waals surface area contributed by atoms with E-state index in [1.807, 2.05) is 33.0 Å². The normalized spacial score (nSPS) is 12.8. The smallest absolute Gasteiger partial charge is 0.319 e. The van der Waals surface area contributed by atoms with E-state index in [0.29, 0.717) is 11.1 Å². The standard InChI is InChI=1S/C14H19F2NO4S/c1-8(2)10-6-5-7-11(9(3)4)12(10)17-13(18)14(15,16)22(19,20)21/h5-9H,1-4H3,(H,17,18)(H,19,20,21). The van der Waals surface area contributed by atoms with Crippen LogP contribution in [-0.2, 0) is 14.9 Å². The van der Waals surface area contributed by atoms with E-state index in [0.717, 1.165) is 0 Å². The quantitative estimate of drug-likeness (QED) is 0.808. The van der Waals surface area contributed by atoms with Crippen LogP contribution in [-0.4, -0.2) is 24.1 Å². The predicted molar refractivity (Wildman–Crippen MR) is 79.7 cm³/mol. The number of hydrogen-bond acceptors (Lipinski definition) is 3. The largest absolute Gasteiger partial charge is 0.446 e. The average molecular weight is 335 g/mol. The molecule has 124 valence electrons. The van der Waals surface area contributed by atoms with Gasteiger partial charge in [-0.05, 0) is 23.0 Å². The molecule has 0 aliphatic heterocycles. The van der Waals surface area contributed by atoms with E-state index in [2.05, 4.69) is 0 Å². The lowest BCUT2D eigenvalue weighted by Crippen LogP contribution is -2.42. The molecule has 0 saturated carbocycles. The van der Waals surface area contributed by atoms with Crippen LogP contribution in [0.1, 0.15) is 50.7 Å². The fourth-order valence-electron chi connectivity index (χ4n) is 2.00. The molecule has 0 unspecified atom stereocenters. The van der Waals surface area contributed by atoms with E-state index in [1.54, 1.807) is 18.2 Å². The summed E-state index contributed by atoms with van der Waals surface area (Å²) in [7, 11) is -5.83. The van der Waals surface area contributed by atoms with Crippen molar-refractivity contribution in [1.29, 1.82) is 0 Å². The van der Waals surface area contributed by atoms with Crippen molar-refractivity contribution >= 4 is 21.7 Å². The molecule has 5 nitrogen and oxygen atoms in total. The minimum atomic E-state index is -5.83. The number of rotatable bonds is 5. The Kier molecular flexibility index (Phi) is 5.30. The molecule has 0 atom stereocenters. The second-order valence-electron chi connectivity index (χ2n) is 5.57. The molecule has 0 heterocycles. The van der Waals surface area contributed by atoms with Crippen LogP contribution in [0, 0.1) is 0 Å². The number of carbonyl (C=O) groups is 1. The molecule has 0 saturated heterocycles. The van der Waals surface area contributed by atoms with E-state index >= 15 is 0 Å². The topological polar surface area (TPSA) is 83.5 Å². The first-order valence-corrected chi connectivity index (χ1v) is 8.12. The summed E-state index contributed by atoms with van der Waals surface area (Å²) in [6, 6.07) is 5.07. The van der Waals surface area contributed by atoms with Gasteiger partial charge in [-0.25, -0.2) is 0 Å². The molecule has 0 bridgehead atoms. The van der Waals surface area contributed by atoms with Gasteiger partial charge in [-0.3, -0.25) is 9.35 Å². The van der Waals surface area contributed by atoms with Crippen LogP contribution in [0.2, 0.25) is 0 Å². The Labute approximate surface area is 128 Å². The second kappa shape index (κ2) is 6.29. The molecule has 1 amide bonds. The van der Waals surface area contributed by atoms with Gasteiger partial charge in [0.05, 0.1) is 0 Å². The monoisotopic (exact) mass is 335 g/mol. The van der Waals surface area contributed by atoms with Crippen LogP contribution in [0.5, 0.6) is 0 Å². The van der Waals surface area contributed by atoms with Gasteiger partial charge >= 0.3 is 21.3 Å². The third-order valence-corrected chi connectivity index (χ3v) is 4.03. The SMILES string of the molecule is CC(C)c1cccc(C(C)C)c1NC(=O)C(F)(F)S(=O)(=O)O. The molecular weight excluding hydrogens is 316 g/mol. The van der Waals surface area contributed by atoms with Gasteiger partial charge in [-0.1, -0.05) is 45.9 Å². The number of alkyl halides is 2. The lowest BCUT2D eigenvalue weighted by atomic mass is 9.92. The molecule has 2 N–H and O–H groups in total. The van der Waals surface area contributed by atoms with Crippen molar-refractivity contribution in [2.45, 2.75) is 44.8 Å². The molecule has 1 aromatic rings. The van der Waals surface area contributed by atoms with Gasteiger partial charge in [0.1, 0.15) is 0 Å². The van der Waals surface area contributed by atoms with Gasteiger partial charge in [-0.2, -0.15) is 17.2 Å². The Balaban J connectivity index is 3.36. The molecule has 0 aromatic heterocycles. The summed E-state index contributed by atoms with van der Waals surface area (Å²) in [6.45, 7) is 7.26. The predicted octanol–water partition coefficient (Wildman–Crippen LogP) is 3.35. The Morgan fingerprint density at radius 3 is 1.86 bits per heavy atom. The fourth-order valence-corrected chi connectivity index (χ4v) is 2.28. The summed E-state index contributed by atoms with van der Waals surface area (Å²) in [5, 5.41) is -2.95. The fraction of sp³-hybridized carbons (Fsp3) is 0.500. The third kappa shape index (κ3) is 3.61. The van der Waals surface area contributed by atoms with Gasteiger partial charge in [0.25, 0.3) is 0 Å². The number of carbonyl (C=O) groups excluding carboxylic acids is 1. The van der Waals surface area contributed by atoms with E-state index in [9.17, 15) is 22.0 Å². The lowest BCUT2D eigenvalue weighted by molar-refractivity contribution is -0.130. The van der Waals surface area contributed by atoms with Crippen LogP contribution in [0.25, 0.3) is 0 Å². The number of benzene rings is 1. The molecule has 8 heteroatoms. The Morgan fingerprint density at radius 2 is 1.55 bits per heavy atom. The summed E-state index contributed by atoms with van der Waals surface area (Å²) in [5.74, 6) is -2.23. The molecule has 0 aliphatic carbocycles. The van der Waals surface area contributed by atoms with E-state index < -0.39 is 21.3 Å². The molecule has 1 rings (SSSR count). The van der Waals surface area contributed by atoms with Crippen molar-refractivity contribution in [3.8, 4) is 0 Å². The summed E-state index contributed by atoms with van der Waals surface area (Å²) in [6.07, 6.45) is 0. The molecular formula is C14H19F2NO4S. The summed E-state index contributed by atoms with van der Waals surface area (Å²) in [5.41, 5.74) is 1.36. The maximum absolute atomic E-state index is 13.4. The zero-order valence-corrected chi connectivity index (χ0v) is 13.5. The average Bonchev–Trinajstić information content (AvgIpc) is 2.36. The van der Waals surface area contributed by atoms with Crippen molar-refractivity contribution in [2.75, 3.05) is 5.32 Å². The number of nitrogens with one attached hydrogen (secondary N) is 1. The highest BCUT2D eigenvalue weighted by Gasteiger charge is 2.52. The number of para-hydroxylation sites is 1. The zero-order valence-electron chi connectivity index (χ0n) is 12.7. The van der Waals surface area contributed by atoms with Gasteiger partial charge < -0.3 is 5.32 Å². The third-order valence-electron chi connectivity index (χ3n) is 3.20. The highest BCUT2D eigenvalue weighted by Crippen LogP contribution is 2.34. The molecule has 0 aliphatic rings. The van der Waals surface area contributed by atoms with Gasteiger partial charge in [0.15, 0.2) is 0 Å². The summed E-state index contributed by atoms with van der Waals surface area (Å²) >= 11 is 0. The maximum atomic E-state index is 13.4. The first-order chi connectivity index (χ1) is 9.89. The highest BCUT2D eigenvalue weighted by molar-refractivity contribution is 7.87. The molecule has 0 spiro atoms. The molecule has 0 fully saturated rings. The molecule has 1 aromatic carbocycles.